The Bertz CT molecular complexity index is 1700. The van der Waals surface area contributed by atoms with E-state index in [4.69, 9.17) is 14.7 Å². The van der Waals surface area contributed by atoms with Gasteiger partial charge < -0.3 is 10.1 Å². The Hall–Kier alpha value is -4.55. The van der Waals surface area contributed by atoms with Crippen LogP contribution in [0.1, 0.15) is 45.3 Å². The number of hydrogen-bond acceptors (Lipinski definition) is 7. The second-order valence-corrected chi connectivity index (χ2v) is 11.0. The fourth-order valence-corrected chi connectivity index (χ4v) is 5.66. The number of para-hydroxylation sites is 1. The average Bonchev–Trinajstić information content (AvgIpc) is 3.57. The molecule has 0 spiro atoms. The number of rotatable bonds is 11. The number of halogens is 3. The number of aromatic nitrogens is 3. The molecule has 0 radical (unpaired) electrons. The summed E-state index contributed by atoms with van der Waals surface area (Å²) >= 11 is 0. The van der Waals surface area contributed by atoms with Crippen molar-refractivity contribution in [1.82, 2.24) is 25.1 Å². The van der Waals surface area contributed by atoms with Crippen molar-refractivity contribution in [3.63, 3.8) is 0 Å². The minimum Gasteiger partial charge on any atom is -0.480 e. The van der Waals surface area contributed by atoms with Crippen molar-refractivity contribution < 1.29 is 32.3 Å². The standard InChI is InChI=1S/C33H34F3N5O4/c1-19-12-21(10-11-27(19)34)31-23(17-40(45-31)18-29(35)36)13-25(42)15-28-20(2)30(39-41(28)24-8-6-5-7-9-24)22-14-26(32(43)37-3)33(44-4)38-16-22/h5-12,14,16,23,29,31H,13,15,17-18H2,1-4H3,(H,37,43)/t23-,31+/m1/s1. The number of Topliss-reactive ketones (excluding diaryl/α,β-unsaturated/α-hetero) is 1. The monoisotopic (exact) mass is 621 g/mol. The van der Waals surface area contributed by atoms with Gasteiger partial charge in [0.05, 0.1) is 30.7 Å². The van der Waals surface area contributed by atoms with E-state index in [9.17, 15) is 22.8 Å². The topological polar surface area (TPSA) is 98.6 Å². The van der Waals surface area contributed by atoms with Crippen LogP contribution in [0.15, 0.2) is 60.8 Å². The van der Waals surface area contributed by atoms with E-state index >= 15 is 0 Å². The number of benzene rings is 2. The number of nitrogens with one attached hydrogen (secondary N) is 1. The van der Waals surface area contributed by atoms with Gasteiger partial charge in [0.1, 0.15) is 23.3 Å². The Morgan fingerprint density at radius 1 is 1.13 bits per heavy atom. The van der Waals surface area contributed by atoms with Crippen LogP contribution in [0, 0.1) is 25.6 Å². The van der Waals surface area contributed by atoms with E-state index in [-0.39, 0.29) is 48.3 Å². The van der Waals surface area contributed by atoms with E-state index in [1.807, 2.05) is 37.3 Å². The van der Waals surface area contributed by atoms with Crippen molar-refractivity contribution in [2.24, 2.45) is 5.92 Å². The van der Waals surface area contributed by atoms with Crippen LogP contribution >= 0.6 is 0 Å². The Morgan fingerprint density at radius 3 is 2.56 bits per heavy atom. The quantitative estimate of drug-likeness (QED) is 0.239. The molecule has 45 heavy (non-hydrogen) atoms. The lowest BCUT2D eigenvalue weighted by molar-refractivity contribution is -0.167. The third-order valence-corrected chi connectivity index (χ3v) is 7.87. The van der Waals surface area contributed by atoms with Crippen LogP contribution in [0.4, 0.5) is 13.2 Å². The molecule has 1 amide bonds. The molecule has 0 unspecified atom stereocenters. The minimum absolute atomic E-state index is 0.000126. The third-order valence-electron chi connectivity index (χ3n) is 7.87. The highest BCUT2D eigenvalue weighted by Crippen LogP contribution is 2.38. The minimum atomic E-state index is -2.62. The van der Waals surface area contributed by atoms with Gasteiger partial charge in [0.2, 0.25) is 5.88 Å². The Morgan fingerprint density at radius 2 is 1.89 bits per heavy atom. The Labute approximate surface area is 258 Å². The van der Waals surface area contributed by atoms with E-state index in [0.717, 1.165) is 11.3 Å². The van der Waals surface area contributed by atoms with Crippen LogP contribution in [0.2, 0.25) is 0 Å². The molecular formula is C33H34F3N5O4. The molecule has 1 aliphatic heterocycles. The molecule has 0 bridgehead atoms. The van der Waals surface area contributed by atoms with Crippen LogP contribution in [0.25, 0.3) is 16.9 Å². The van der Waals surface area contributed by atoms with Gasteiger partial charge in [0.15, 0.2) is 0 Å². The normalized spacial score (nSPS) is 16.7. The molecule has 1 N–H and O–H groups in total. The lowest BCUT2D eigenvalue weighted by Gasteiger charge is -2.18. The molecule has 0 saturated carbocycles. The van der Waals surface area contributed by atoms with Crippen molar-refractivity contribution >= 4 is 11.7 Å². The van der Waals surface area contributed by atoms with Gasteiger partial charge >= 0.3 is 0 Å². The van der Waals surface area contributed by atoms with Crippen LogP contribution < -0.4 is 10.1 Å². The number of carbonyl (C=O) groups excluding carboxylic acids is 2. The first kappa shape index (κ1) is 31.9. The molecule has 12 heteroatoms. The highest BCUT2D eigenvalue weighted by Gasteiger charge is 2.38. The maximum atomic E-state index is 14.0. The first-order chi connectivity index (χ1) is 21.6. The molecule has 2 aromatic heterocycles. The van der Waals surface area contributed by atoms with Gasteiger partial charge in [-0.05, 0) is 54.8 Å². The number of hydroxylamine groups is 2. The molecule has 3 heterocycles. The molecule has 5 rings (SSSR count). The summed E-state index contributed by atoms with van der Waals surface area (Å²) in [7, 11) is 2.94. The van der Waals surface area contributed by atoms with Gasteiger partial charge in [-0.15, -0.1) is 0 Å². The van der Waals surface area contributed by atoms with Crippen molar-refractivity contribution in [1.29, 1.82) is 0 Å². The number of amides is 1. The molecule has 2 aromatic carbocycles. The van der Waals surface area contributed by atoms with Crippen molar-refractivity contribution in [3.05, 3.63) is 94.6 Å². The number of methoxy groups -OCH3 is 1. The molecule has 1 fully saturated rings. The van der Waals surface area contributed by atoms with E-state index in [2.05, 4.69) is 10.3 Å². The molecule has 9 nitrogen and oxygen atoms in total. The van der Waals surface area contributed by atoms with Gasteiger partial charge in [0, 0.05) is 44.1 Å². The van der Waals surface area contributed by atoms with Gasteiger partial charge in [-0.3, -0.25) is 14.4 Å². The third kappa shape index (κ3) is 6.91. The van der Waals surface area contributed by atoms with E-state index < -0.39 is 25.0 Å². The SMILES string of the molecule is CNC(=O)c1cc(-c2nn(-c3ccccc3)c(CC(=O)C[C@@H]3CN(CC(F)F)O[C@H]3c3ccc(F)c(C)c3)c2C)cnc1OC. The number of ether oxygens (including phenoxy) is 1. The number of nitrogens with zero attached hydrogens (tertiary/aromatic N) is 4. The molecule has 236 valence electrons. The second-order valence-electron chi connectivity index (χ2n) is 11.0. The summed E-state index contributed by atoms with van der Waals surface area (Å²) in [6, 6.07) is 15.5. The smallest absolute Gasteiger partial charge is 0.256 e. The zero-order valence-corrected chi connectivity index (χ0v) is 25.4. The predicted molar refractivity (Wildman–Crippen MR) is 161 cm³/mol. The summed E-state index contributed by atoms with van der Waals surface area (Å²) in [4.78, 5) is 36.4. The van der Waals surface area contributed by atoms with Crippen molar-refractivity contribution in [3.8, 4) is 22.8 Å². The van der Waals surface area contributed by atoms with Crippen molar-refractivity contribution in [2.75, 3.05) is 27.2 Å². The van der Waals surface area contributed by atoms with Gasteiger partial charge in [0.25, 0.3) is 12.3 Å². The lowest BCUT2D eigenvalue weighted by Crippen LogP contribution is -2.26. The summed E-state index contributed by atoms with van der Waals surface area (Å²) in [5, 5.41) is 8.61. The molecule has 0 aliphatic carbocycles. The van der Waals surface area contributed by atoms with Crippen LogP contribution in [0.5, 0.6) is 5.88 Å². The van der Waals surface area contributed by atoms with Crippen molar-refractivity contribution in [2.45, 2.75) is 39.2 Å². The molecule has 1 aliphatic rings. The maximum absolute atomic E-state index is 14.0. The Balaban J connectivity index is 1.47. The Kier molecular flexibility index (Phi) is 9.64. The summed E-state index contributed by atoms with van der Waals surface area (Å²) in [5.74, 6) is -1.17. The zero-order valence-electron chi connectivity index (χ0n) is 25.4. The molecule has 4 aromatic rings. The fraction of sp³-hybridized carbons (Fsp3) is 0.333. The number of alkyl halides is 2. The molecular weight excluding hydrogens is 587 g/mol. The number of hydrogen-bond donors (Lipinski definition) is 1. The predicted octanol–water partition coefficient (Wildman–Crippen LogP) is 5.43. The summed E-state index contributed by atoms with van der Waals surface area (Å²) in [6.45, 7) is 2.99. The molecule has 1 saturated heterocycles. The van der Waals surface area contributed by atoms with Crippen LogP contribution in [-0.2, 0) is 16.1 Å². The number of pyridine rings is 1. The fourth-order valence-electron chi connectivity index (χ4n) is 5.66. The first-order valence-corrected chi connectivity index (χ1v) is 14.5. The summed E-state index contributed by atoms with van der Waals surface area (Å²) in [5.41, 5.74) is 4.44. The second kappa shape index (κ2) is 13.6. The van der Waals surface area contributed by atoms with Gasteiger partial charge in [-0.2, -0.15) is 10.2 Å². The van der Waals surface area contributed by atoms with Gasteiger partial charge in [-0.1, -0.05) is 30.3 Å². The van der Waals surface area contributed by atoms with E-state index in [0.29, 0.717) is 28.1 Å². The summed E-state index contributed by atoms with van der Waals surface area (Å²) < 4.78 is 47.5. The average molecular weight is 622 g/mol. The highest BCUT2D eigenvalue weighted by molar-refractivity contribution is 5.97. The highest BCUT2D eigenvalue weighted by atomic mass is 19.3. The van der Waals surface area contributed by atoms with Gasteiger partial charge in [-0.25, -0.2) is 22.8 Å². The van der Waals surface area contributed by atoms with E-state index in [1.165, 1.54) is 25.3 Å². The zero-order chi connectivity index (χ0) is 32.2. The molecule has 2 atom stereocenters. The maximum Gasteiger partial charge on any atom is 0.256 e. The lowest BCUT2D eigenvalue weighted by atomic mass is 9.90. The number of aryl methyl sites for hydroxylation is 1. The van der Waals surface area contributed by atoms with Crippen LogP contribution in [0.3, 0.4) is 0 Å². The largest absolute Gasteiger partial charge is 0.480 e. The first-order valence-electron chi connectivity index (χ1n) is 14.5. The van der Waals surface area contributed by atoms with E-state index in [1.54, 1.807) is 36.0 Å². The number of ketones is 1. The number of carbonyl (C=O) groups is 2. The summed E-state index contributed by atoms with van der Waals surface area (Å²) in [6.07, 6.45) is -1.70. The van der Waals surface area contributed by atoms with Crippen LogP contribution in [-0.4, -0.2) is 65.2 Å².